The van der Waals surface area contributed by atoms with Crippen molar-refractivity contribution in [3.8, 4) is 0 Å². The van der Waals surface area contributed by atoms with Gasteiger partial charge in [0, 0.05) is 13.2 Å². The Balaban J connectivity index is 0.00000225. The summed E-state index contributed by atoms with van der Waals surface area (Å²) in [5, 5.41) is 12.1. The molecule has 0 radical (unpaired) electrons. The fourth-order valence-electron chi connectivity index (χ4n) is 1.85. The molecule has 1 saturated heterocycles. The van der Waals surface area contributed by atoms with Crippen molar-refractivity contribution in [1.29, 1.82) is 0 Å². The maximum atomic E-state index is 10.9. The molecule has 1 aliphatic rings. The third kappa shape index (κ3) is 5.14. The van der Waals surface area contributed by atoms with Crippen LogP contribution in [0.3, 0.4) is 0 Å². The Morgan fingerprint density at radius 2 is 2.00 bits per heavy atom. The molecule has 16 heavy (non-hydrogen) atoms. The number of halogens is 1. The number of hydrogen-bond acceptors (Lipinski definition) is 3. The summed E-state index contributed by atoms with van der Waals surface area (Å²) in [5.74, 6) is -0.0567. The molecule has 0 bridgehead atoms. The summed E-state index contributed by atoms with van der Waals surface area (Å²) in [4.78, 5) is 10.9. The lowest BCUT2D eigenvalue weighted by atomic mass is 9.98. The Morgan fingerprint density at radius 1 is 1.44 bits per heavy atom. The summed E-state index contributed by atoms with van der Waals surface area (Å²) >= 11 is 0. The van der Waals surface area contributed by atoms with Gasteiger partial charge in [0.1, 0.15) is 6.04 Å². The number of carbonyl (C=O) groups is 1. The van der Waals surface area contributed by atoms with E-state index >= 15 is 0 Å². The lowest BCUT2D eigenvalue weighted by Crippen LogP contribution is -2.43. The van der Waals surface area contributed by atoms with Crippen LogP contribution in [-0.2, 0) is 9.53 Å². The first kappa shape index (κ1) is 15.7. The molecule has 5 heteroatoms. The van der Waals surface area contributed by atoms with E-state index in [9.17, 15) is 4.79 Å². The summed E-state index contributed by atoms with van der Waals surface area (Å²) in [5.41, 5.74) is 0. The minimum Gasteiger partial charge on any atom is -0.480 e. The fraction of sp³-hybridized carbons (Fsp3) is 0.909. The van der Waals surface area contributed by atoms with Crippen LogP contribution in [0.4, 0.5) is 0 Å². The highest BCUT2D eigenvalue weighted by molar-refractivity contribution is 5.85. The van der Waals surface area contributed by atoms with Crippen LogP contribution in [0.15, 0.2) is 0 Å². The average Bonchev–Trinajstić information content (AvgIpc) is 2.18. The van der Waals surface area contributed by atoms with Crippen LogP contribution in [0.5, 0.6) is 0 Å². The first-order valence-electron chi connectivity index (χ1n) is 5.65. The summed E-state index contributed by atoms with van der Waals surface area (Å²) < 4.78 is 5.26. The average molecular weight is 252 g/mol. The molecule has 4 nitrogen and oxygen atoms in total. The second kappa shape index (κ2) is 7.87. The van der Waals surface area contributed by atoms with Crippen molar-refractivity contribution in [2.45, 2.75) is 32.7 Å². The van der Waals surface area contributed by atoms with Crippen molar-refractivity contribution in [3.63, 3.8) is 0 Å². The third-order valence-electron chi connectivity index (χ3n) is 2.90. The summed E-state index contributed by atoms with van der Waals surface area (Å²) in [6, 6.07) is -0.423. The van der Waals surface area contributed by atoms with Gasteiger partial charge in [0.25, 0.3) is 0 Å². The lowest BCUT2D eigenvalue weighted by Gasteiger charge is -2.25. The van der Waals surface area contributed by atoms with Gasteiger partial charge >= 0.3 is 5.97 Å². The van der Waals surface area contributed by atoms with Crippen molar-refractivity contribution in [3.05, 3.63) is 0 Å². The van der Waals surface area contributed by atoms with Gasteiger partial charge in [-0.1, -0.05) is 13.8 Å². The van der Waals surface area contributed by atoms with Crippen LogP contribution in [0.2, 0.25) is 0 Å². The van der Waals surface area contributed by atoms with E-state index in [1.54, 1.807) is 0 Å². The van der Waals surface area contributed by atoms with Crippen LogP contribution in [0, 0.1) is 11.8 Å². The van der Waals surface area contributed by atoms with E-state index in [0.29, 0.717) is 5.92 Å². The number of nitrogens with one attached hydrogen (secondary N) is 1. The second-order valence-corrected chi connectivity index (χ2v) is 4.52. The summed E-state index contributed by atoms with van der Waals surface area (Å²) in [7, 11) is 0. The number of aliphatic carboxylic acids is 1. The molecule has 0 spiro atoms. The van der Waals surface area contributed by atoms with Gasteiger partial charge in [-0.05, 0) is 31.2 Å². The quantitative estimate of drug-likeness (QED) is 0.778. The van der Waals surface area contributed by atoms with Crippen molar-refractivity contribution >= 4 is 18.4 Å². The molecule has 1 fully saturated rings. The zero-order valence-corrected chi connectivity index (χ0v) is 10.8. The monoisotopic (exact) mass is 251 g/mol. The van der Waals surface area contributed by atoms with Crippen LogP contribution in [-0.4, -0.2) is 36.9 Å². The van der Waals surface area contributed by atoms with Crippen molar-refractivity contribution < 1.29 is 14.6 Å². The molecule has 2 N–H and O–H groups in total. The zero-order valence-electron chi connectivity index (χ0n) is 9.94. The van der Waals surface area contributed by atoms with E-state index in [4.69, 9.17) is 9.84 Å². The minimum atomic E-state index is -0.753. The molecule has 0 aliphatic carbocycles. The van der Waals surface area contributed by atoms with Crippen LogP contribution in [0.1, 0.15) is 26.7 Å². The number of rotatable bonds is 5. The number of carboxylic acids is 1. The smallest absolute Gasteiger partial charge is 0.320 e. The molecule has 1 rings (SSSR count). The summed E-state index contributed by atoms with van der Waals surface area (Å²) in [6.07, 6.45) is 2.08. The van der Waals surface area contributed by atoms with Crippen molar-refractivity contribution in [1.82, 2.24) is 5.32 Å². The van der Waals surface area contributed by atoms with Gasteiger partial charge in [0.15, 0.2) is 0 Å². The molecular weight excluding hydrogens is 230 g/mol. The Labute approximate surface area is 103 Å². The number of hydrogen-bond donors (Lipinski definition) is 2. The Morgan fingerprint density at radius 3 is 2.44 bits per heavy atom. The molecule has 0 saturated carbocycles. The first-order valence-corrected chi connectivity index (χ1v) is 5.65. The molecule has 0 aromatic carbocycles. The van der Waals surface area contributed by atoms with Gasteiger partial charge in [0.2, 0.25) is 0 Å². The van der Waals surface area contributed by atoms with Gasteiger partial charge in [-0.25, -0.2) is 0 Å². The highest BCUT2D eigenvalue weighted by Gasteiger charge is 2.22. The SMILES string of the molecule is CC(C)[C@H](NCC1CCOCC1)C(=O)O.Cl. The molecule has 1 atom stereocenters. The van der Waals surface area contributed by atoms with Crippen LogP contribution < -0.4 is 5.32 Å². The Kier molecular flexibility index (Phi) is 7.72. The van der Waals surface area contributed by atoms with E-state index in [1.807, 2.05) is 13.8 Å². The number of ether oxygens (including phenoxy) is 1. The van der Waals surface area contributed by atoms with Crippen molar-refractivity contribution in [2.24, 2.45) is 11.8 Å². The zero-order chi connectivity index (χ0) is 11.3. The second-order valence-electron chi connectivity index (χ2n) is 4.52. The van der Waals surface area contributed by atoms with E-state index in [0.717, 1.165) is 32.6 Å². The standard InChI is InChI=1S/C11H21NO3.ClH/c1-8(2)10(11(13)14)12-7-9-3-5-15-6-4-9;/h8-10,12H,3-7H2,1-2H3,(H,13,14);1H/t10-;/m0./s1. The van der Waals surface area contributed by atoms with Gasteiger partial charge in [-0.15, -0.1) is 12.4 Å². The van der Waals surface area contributed by atoms with Gasteiger partial charge in [-0.3, -0.25) is 4.79 Å². The topological polar surface area (TPSA) is 58.6 Å². The molecular formula is C11H22ClNO3. The van der Waals surface area contributed by atoms with E-state index < -0.39 is 12.0 Å². The predicted octanol–water partition coefficient (Wildman–Crippen LogP) is 1.53. The number of carboxylic acid groups (broad SMARTS) is 1. The van der Waals surface area contributed by atoms with E-state index in [2.05, 4.69) is 5.32 Å². The van der Waals surface area contributed by atoms with Gasteiger partial charge < -0.3 is 15.2 Å². The first-order chi connectivity index (χ1) is 7.11. The maximum absolute atomic E-state index is 10.9. The minimum absolute atomic E-state index is 0. The molecule has 0 aromatic heterocycles. The van der Waals surface area contributed by atoms with Crippen LogP contribution >= 0.6 is 12.4 Å². The van der Waals surface area contributed by atoms with Crippen LogP contribution in [0.25, 0.3) is 0 Å². The van der Waals surface area contributed by atoms with Crippen molar-refractivity contribution in [2.75, 3.05) is 19.8 Å². The Hall–Kier alpha value is -0.320. The largest absolute Gasteiger partial charge is 0.480 e. The van der Waals surface area contributed by atoms with Gasteiger partial charge in [-0.2, -0.15) is 0 Å². The fourth-order valence-corrected chi connectivity index (χ4v) is 1.85. The molecule has 0 amide bonds. The molecule has 0 unspecified atom stereocenters. The van der Waals surface area contributed by atoms with E-state index in [-0.39, 0.29) is 18.3 Å². The Bertz CT molecular complexity index is 205. The normalized spacial score (nSPS) is 19.2. The molecule has 0 aromatic rings. The molecule has 96 valence electrons. The predicted molar refractivity (Wildman–Crippen MR) is 65.1 cm³/mol. The summed E-state index contributed by atoms with van der Waals surface area (Å²) in [6.45, 7) is 6.27. The maximum Gasteiger partial charge on any atom is 0.320 e. The molecule has 1 heterocycles. The van der Waals surface area contributed by atoms with E-state index in [1.165, 1.54) is 0 Å². The highest BCUT2D eigenvalue weighted by atomic mass is 35.5. The lowest BCUT2D eigenvalue weighted by molar-refractivity contribution is -0.140. The molecule has 1 aliphatic heterocycles. The van der Waals surface area contributed by atoms with Gasteiger partial charge in [0.05, 0.1) is 0 Å². The third-order valence-corrected chi connectivity index (χ3v) is 2.90. The highest BCUT2D eigenvalue weighted by Crippen LogP contribution is 2.14.